The van der Waals surface area contributed by atoms with Gasteiger partial charge in [0, 0.05) is 17.1 Å². The van der Waals surface area contributed by atoms with Gasteiger partial charge < -0.3 is 4.98 Å². The topological polar surface area (TPSA) is 66.9 Å². The van der Waals surface area contributed by atoms with Crippen molar-refractivity contribution < 1.29 is 4.79 Å². The lowest BCUT2D eigenvalue weighted by Gasteiger charge is -2.08. The van der Waals surface area contributed by atoms with Crippen LogP contribution in [0.25, 0.3) is 10.2 Å². The molecule has 4 aromatic rings. The molecule has 2 heterocycles. The summed E-state index contributed by atoms with van der Waals surface area (Å²) in [6, 6.07) is 21.9. The third-order valence-electron chi connectivity index (χ3n) is 4.44. The maximum Gasteiger partial charge on any atom is 0.282 e. The molecule has 8 heteroatoms. The van der Waals surface area contributed by atoms with E-state index in [9.17, 15) is 9.59 Å². The number of benzene rings is 2. The van der Waals surface area contributed by atoms with Gasteiger partial charge >= 0.3 is 0 Å². The summed E-state index contributed by atoms with van der Waals surface area (Å²) in [5.41, 5.74) is 4.64. The van der Waals surface area contributed by atoms with Crippen molar-refractivity contribution in [2.24, 2.45) is 0 Å². The average molecular weight is 454 g/mol. The van der Waals surface area contributed by atoms with Crippen LogP contribution in [0, 0.1) is 4.77 Å². The van der Waals surface area contributed by atoms with Crippen LogP contribution in [0.1, 0.15) is 16.0 Å². The van der Waals surface area contributed by atoms with Crippen LogP contribution in [-0.4, -0.2) is 21.3 Å². The van der Waals surface area contributed by atoms with E-state index in [-0.39, 0.29) is 22.0 Å². The predicted octanol–water partition coefficient (Wildman–Crippen LogP) is 4.71. The molecule has 1 amide bonds. The number of thiophene rings is 1. The summed E-state index contributed by atoms with van der Waals surface area (Å²) in [5.74, 6) is 0.691. The fraction of sp³-hybridized carbons (Fsp3) is 0.136. The molecule has 0 fully saturated rings. The Balaban J connectivity index is 1.47. The quantitative estimate of drug-likeness (QED) is 0.398. The molecule has 0 spiro atoms. The van der Waals surface area contributed by atoms with Crippen LogP contribution < -0.4 is 11.0 Å². The van der Waals surface area contributed by atoms with Gasteiger partial charge in [-0.15, -0.1) is 23.1 Å². The zero-order chi connectivity index (χ0) is 20.9. The minimum absolute atomic E-state index is 0.182. The Morgan fingerprint density at radius 2 is 1.73 bits per heavy atom. The predicted molar refractivity (Wildman–Crippen MR) is 127 cm³/mol. The van der Waals surface area contributed by atoms with Crippen molar-refractivity contribution in [2.75, 3.05) is 11.2 Å². The number of hydrogen-bond donors (Lipinski definition) is 2. The summed E-state index contributed by atoms with van der Waals surface area (Å²) in [6.07, 6.45) is 0.739. The number of H-pyrrole nitrogens is 1. The number of carbonyl (C=O) groups is 1. The standard InChI is InChI=1S/C22H19N3O2S3/c26-19(14-29-13-16-9-5-2-6-10-16)24-25-21(27)18-12-17(30-20(18)23-22(25)28)11-15-7-3-1-4-8-15/h1-10,12H,11,13-14H2,(H,23,28)(H,24,26). The largest absolute Gasteiger partial charge is 0.322 e. The van der Waals surface area contributed by atoms with Crippen LogP contribution >= 0.6 is 35.3 Å². The van der Waals surface area contributed by atoms with Gasteiger partial charge in [0.05, 0.1) is 11.1 Å². The molecule has 0 aliphatic rings. The van der Waals surface area contributed by atoms with Gasteiger partial charge in [-0.25, -0.2) is 0 Å². The van der Waals surface area contributed by atoms with E-state index in [2.05, 4.69) is 22.5 Å². The molecular formula is C22H19N3O2S3. The van der Waals surface area contributed by atoms with E-state index in [1.807, 2.05) is 54.6 Å². The summed E-state index contributed by atoms with van der Waals surface area (Å²) in [5, 5.41) is 0.525. The van der Waals surface area contributed by atoms with E-state index in [0.717, 1.165) is 32.1 Å². The van der Waals surface area contributed by atoms with Gasteiger partial charge in [0.2, 0.25) is 10.7 Å². The molecule has 152 valence electrons. The Morgan fingerprint density at radius 1 is 1.07 bits per heavy atom. The first-order valence-electron chi connectivity index (χ1n) is 9.33. The Morgan fingerprint density at radius 3 is 2.43 bits per heavy atom. The van der Waals surface area contributed by atoms with Crippen molar-refractivity contribution in [2.45, 2.75) is 12.2 Å². The van der Waals surface area contributed by atoms with Crippen LogP contribution in [0.4, 0.5) is 0 Å². The highest BCUT2D eigenvalue weighted by Gasteiger charge is 2.12. The molecular weight excluding hydrogens is 434 g/mol. The smallest absolute Gasteiger partial charge is 0.282 e. The fourth-order valence-electron chi connectivity index (χ4n) is 3.04. The number of nitrogens with one attached hydrogen (secondary N) is 2. The van der Waals surface area contributed by atoms with Gasteiger partial charge in [0.15, 0.2) is 0 Å². The number of nitrogens with zero attached hydrogens (tertiary/aromatic N) is 1. The van der Waals surface area contributed by atoms with E-state index in [0.29, 0.717) is 5.39 Å². The van der Waals surface area contributed by atoms with Crippen molar-refractivity contribution in [3.8, 4) is 0 Å². The number of aromatic amines is 1. The first-order chi connectivity index (χ1) is 14.6. The zero-order valence-corrected chi connectivity index (χ0v) is 18.4. The SMILES string of the molecule is O=C(CSCc1ccccc1)Nn1c(=S)[nH]c2sc(Cc3ccccc3)cc2c1=O. The molecule has 0 unspecified atom stereocenters. The molecule has 5 nitrogen and oxygen atoms in total. The highest BCUT2D eigenvalue weighted by molar-refractivity contribution is 7.99. The Kier molecular flexibility index (Phi) is 6.47. The number of carbonyl (C=O) groups excluding carboxylic acids is 1. The maximum absolute atomic E-state index is 12.9. The Hall–Kier alpha value is -2.68. The number of aromatic nitrogens is 2. The van der Waals surface area contributed by atoms with Crippen molar-refractivity contribution in [1.29, 1.82) is 0 Å². The normalized spacial score (nSPS) is 10.9. The lowest BCUT2D eigenvalue weighted by Crippen LogP contribution is -2.35. The lowest BCUT2D eigenvalue weighted by atomic mass is 10.1. The summed E-state index contributed by atoms with van der Waals surface area (Å²) in [4.78, 5) is 30.1. The minimum Gasteiger partial charge on any atom is -0.322 e. The third kappa shape index (κ3) is 4.89. The Bertz CT molecular complexity index is 1280. The van der Waals surface area contributed by atoms with Crippen LogP contribution in [0.15, 0.2) is 71.5 Å². The minimum atomic E-state index is -0.314. The molecule has 2 aromatic carbocycles. The Labute approximate surface area is 186 Å². The van der Waals surface area contributed by atoms with Crippen LogP contribution in [0.5, 0.6) is 0 Å². The second-order valence-electron chi connectivity index (χ2n) is 6.70. The van der Waals surface area contributed by atoms with E-state index in [4.69, 9.17) is 12.2 Å². The third-order valence-corrected chi connectivity index (χ3v) is 6.78. The van der Waals surface area contributed by atoms with Gasteiger partial charge in [-0.3, -0.25) is 15.0 Å². The van der Waals surface area contributed by atoms with Crippen molar-refractivity contribution >= 4 is 51.4 Å². The number of thioether (sulfide) groups is 1. The summed E-state index contributed by atoms with van der Waals surface area (Å²) < 4.78 is 1.31. The second-order valence-corrected chi connectivity index (χ2v) is 9.21. The van der Waals surface area contributed by atoms with Gasteiger partial charge in [-0.1, -0.05) is 60.7 Å². The fourth-order valence-corrected chi connectivity index (χ4v) is 5.20. The maximum atomic E-state index is 12.9. The monoisotopic (exact) mass is 453 g/mol. The molecule has 0 saturated carbocycles. The molecule has 0 aliphatic carbocycles. The number of hydrogen-bond acceptors (Lipinski definition) is 5. The van der Waals surface area contributed by atoms with Gasteiger partial charge in [-0.05, 0) is 29.4 Å². The summed E-state index contributed by atoms with van der Waals surface area (Å²) >= 11 is 8.30. The first kappa shape index (κ1) is 20.6. The molecule has 2 N–H and O–H groups in total. The van der Waals surface area contributed by atoms with E-state index in [1.54, 1.807) is 0 Å². The number of fused-ring (bicyclic) bond motifs is 1. The van der Waals surface area contributed by atoms with Crippen LogP contribution in [-0.2, 0) is 17.0 Å². The van der Waals surface area contributed by atoms with E-state index < -0.39 is 0 Å². The second kappa shape index (κ2) is 9.42. The molecule has 0 atom stereocenters. The van der Waals surface area contributed by atoms with Crippen molar-refractivity contribution in [3.63, 3.8) is 0 Å². The molecule has 0 bridgehead atoms. The van der Waals surface area contributed by atoms with E-state index >= 15 is 0 Å². The summed E-state index contributed by atoms with van der Waals surface area (Å²) in [7, 11) is 0. The zero-order valence-electron chi connectivity index (χ0n) is 16.0. The molecule has 4 rings (SSSR count). The molecule has 0 radical (unpaired) electrons. The summed E-state index contributed by atoms with van der Waals surface area (Å²) in [6.45, 7) is 0. The van der Waals surface area contributed by atoms with Gasteiger partial charge in [0.25, 0.3) is 5.56 Å². The van der Waals surface area contributed by atoms with Crippen LogP contribution in [0.2, 0.25) is 0 Å². The molecule has 30 heavy (non-hydrogen) atoms. The van der Waals surface area contributed by atoms with Crippen LogP contribution in [0.3, 0.4) is 0 Å². The van der Waals surface area contributed by atoms with E-state index in [1.165, 1.54) is 28.7 Å². The lowest BCUT2D eigenvalue weighted by molar-refractivity contribution is -0.114. The molecule has 0 saturated heterocycles. The highest BCUT2D eigenvalue weighted by Crippen LogP contribution is 2.23. The highest BCUT2D eigenvalue weighted by atomic mass is 32.2. The molecule has 0 aliphatic heterocycles. The van der Waals surface area contributed by atoms with Gasteiger partial charge in [0.1, 0.15) is 4.83 Å². The number of rotatable bonds is 7. The first-order valence-corrected chi connectivity index (χ1v) is 11.7. The average Bonchev–Trinajstić information content (AvgIpc) is 3.15. The van der Waals surface area contributed by atoms with Gasteiger partial charge in [-0.2, -0.15) is 4.68 Å². The van der Waals surface area contributed by atoms with Crippen molar-refractivity contribution in [1.82, 2.24) is 9.66 Å². The molecule has 2 aromatic heterocycles. The number of amides is 1. The van der Waals surface area contributed by atoms with Crippen molar-refractivity contribution in [3.05, 3.63) is 97.9 Å².